The van der Waals surface area contributed by atoms with Crippen LogP contribution in [0, 0.1) is 0 Å². The first-order chi connectivity index (χ1) is 8.24. The van der Waals surface area contributed by atoms with E-state index in [0.29, 0.717) is 0 Å². The van der Waals surface area contributed by atoms with E-state index in [2.05, 4.69) is 11.1 Å². The fourth-order valence-corrected chi connectivity index (χ4v) is 3.68. The van der Waals surface area contributed by atoms with E-state index in [9.17, 15) is 0 Å². The molecule has 0 spiro atoms. The smallest absolute Gasteiger partial charge is 0.0947 e. The lowest BCUT2D eigenvalue weighted by Gasteiger charge is -2.08. The summed E-state index contributed by atoms with van der Waals surface area (Å²) in [5, 5.41) is 0. The van der Waals surface area contributed by atoms with Crippen LogP contribution in [-0.4, -0.2) is 9.55 Å². The van der Waals surface area contributed by atoms with Crippen molar-refractivity contribution < 1.29 is 0 Å². The molecule has 90 valence electrons. The predicted octanol–water partition coefficient (Wildman–Crippen LogP) is 2.41. The molecule has 4 heteroatoms. The Morgan fingerprint density at radius 1 is 1.41 bits per heavy atom. The van der Waals surface area contributed by atoms with Gasteiger partial charge in [0.1, 0.15) is 0 Å². The van der Waals surface area contributed by atoms with Crippen molar-refractivity contribution in [3.05, 3.63) is 39.6 Å². The first kappa shape index (κ1) is 11.0. The molecule has 0 aliphatic heterocycles. The van der Waals surface area contributed by atoms with Gasteiger partial charge in [-0.2, -0.15) is 0 Å². The highest BCUT2D eigenvalue weighted by molar-refractivity contribution is 7.12. The van der Waals surface area contributed by atoms with Crippen LogP contribution in [0.5, 0.6) is 0 Å². The van der Waals surface area contributed by atoms with Gasteiger partial charge in [0.2, 0.25) is 0 Å². The maximum absolute atomic E-state index is 6.28. The topological polar surface area (TPSA) is 43.8 Å². The zero-order valence-electron chi connectivity index (χ0n) is 10.0. The number of thiophene rings is 1. The van der Waals surface area contributed by atoms with E-state index in [1.807, 2.05) is 35.5 Å². The lowest BCUT2D eigenvalue weighted by atomic mass is 9.98. The van der Waals surface area contributed by atoms with Crippen molar-refractivity contribution in [1.29, 1.82) is 0 Å². The minimum Gasteiger partial charge on any atom is -0.340 e. The zero-order valence-corrected chi connectivity index (χ0v) is 10.8. The van der Waals surface area contributed by atoms with Gasteiger partial charge < -0.3 is 10.3 Å². The Kier molecular flexibility index (Phi) is 2.76. The van der Waals surface area contributed by atoms with Crippen LogP contribution >= 0.6 is 11.3 Å². The molecule has 3 nitrogen and oxygen atoms in total. The second kappa shape index (κ2) is 4.27. The molecule has 0 amide bonds. The zero-order chi connectivity index (χ0) is 11.8. The number of aryl methyl sites for hydroxylation is 3. The number of nitrogens with two attached hydrogens (primary N) is 1. The van der Waals surface area contributed by atoms with E-state index >= 15 is 0 Å². The Morgan fingerprint density at radius 2 is 2.24 bits per heavy atom. The summed E-state index contributed by atoms with van der Waals surface area (Å²) < 4.78 is 1.95. The quantitative estimate of drug-likeness (QED) is 0.885. The minimum absolute atomic E-state index is 0.0631. The van der Waals surface area contributed by atoms with Crippen molar-refractivity contribution >= 4 is 11.3 Å². The Balaban J connectivity index is 1.91. The summed E-state index contributed by atoms with van der Waals surface area (Å²) in [5.74, 6) is 0. The van der Waals surface area contributed by atoms with Crippen molar-refractivity contribution in [3.63, 3.8) is 0 Å². The van der Waals surface area contributed by atoms with Gasteiger partial charge >= 0.3 is 0 Å². The van der Waals surface area contributed by atoms with Gasteiger partial charge in [0.15, 0.2) is 0 Å². The van der Waals surface area contributed by atoms with E-state index in [-0.39, 0.29) is 6.04 Å². The Morgan fingerprint density at radius 3 is 2.94 bits per heavy atom. The number of nitrogens with zero attached hydrogens (tertiary/aromatic N) is 2. The van der Waals surface area contributed by atoms with E-state index in [4.69, 9.17) is 5.73 Å². The number of imidazole rings is 1. The van der Waals surface area contributed by atoms with Crippen LogP contribution in [0.1, 0.15) is 39.9 Å². The van der Waals surface area contributed by atoms with Crippen LogP contribution < -0.4 is 5.73 Å². The summed E-state index contributed by atoms with van der Waals surface area (Å²) in [6.07, 6.45) is 8.91. The number of hydrogen-bond donors (Lipinski definition) is 1. The summed E-state index contributed by atoms with van der Waals surface area (Å²) >= 11 is 1.87. The molecule has 0 saturated heterocycles. The summed E-state index contributed by atoms with van der Waals surface area (Å²) in [5.41, 5.74) is 8.76. The fraction of sp³-hybridized carbons (Fsp3) is 0.462. The van der Waals surface area contributed by atoms with E-state index < -0.39 is 0 Å². The van der Waals surface area contributed by atoms with Crippen molar-refractivity contribution in [2.24, 2.45) is 12.8 Å². The highest BCUT2D eigenvalue weighted by Crippen LogP contribution is 2.33. The average Bonchev–Trinajstić information content (AvgIpc) is 2.93. The molecule has 0 bridgehead atoms. The molecule has 17 heavy (non-hydrogen) atoms. The van der Waals surface area contributed by atoms with Crippen molar-refractivity contribution in [1.82, 2.24) is 9.55 Å². The molecule has 3 rings (SSSR count). The third kappa shape index (κ3) is 2.03. The van der Waals surface area contributed by atoms with Gasteiger partial charge in [0.05, 0.1) is 18.1 Å². The molecule has 0 saturated carbocycles. The molecule has 1 atom stereocenters. The largest absolute Gasteiger partial charge is 0.340 e. The molecule has 1 unspecified atom stereocenters. The highest BCUT2D eigenvalue weighted by atomic mass is 32.1. The maximum Gasteiger partial charge on any atom is 0.0947 e. The van der Waals surface area contributed by atoms with Crippen LogP contribution in [0.3, 0.4) is 0 Å². The van der Waals surface area contributed by atoms with Crippen molar-refractivity contribution in [3.8, 4) is 0 Å². The molecule has 0 aromatic carbocycles. The molecule has 0 radical (unpaired) electrons. The van der Waals surface area contributed by atoms with Gasteiger partial charge in [-0.1, -0.05) is 0 Å². The molecule has 2 N–H and O–H groups in total. The molecule has 2 heterocycles. The van der Waals surface area contributed by atoms with Crippen LogP contribution in [0.15, 0.2) is 18.6 Å². The van der Waals surface area contributed by atoms with Crippen LogP contribution in [0.4, 0.5) is 0 Å². The van der Waals surface area contributed by atoms with E-state index in [0.717, 1.165) is 5.69 Å². The monoisotopic (exact) mass is 247 g/mol. The normalized spacial score (nSPS) is 16.8. The average molecular weight is 247 g/mol. The third-order valence-corrected chi connectivity index (χ3v) is 4.69. The Labute approximate surface area is 105 Å². The number of hydrogen-bond acceptors (Lipinski definition) is 3. The fourth-order valence-electron chi connectivity index (χ4n) is 2.41. The van der Waals surface area contributed by atoms with Crippen molar-refractivity contribution in [2.45, 2.75) is 31.7 Å². The van der Waals surface area contributed by atoms with Crippen LogP contribution in [0.25, 0.3) is 0 Å². The Bertz CT molecular complexity index is 503. The van der Waals surface area contributed by atoms with E-state index in [1.54, 1.807) is 0 Å². The molecule has 1 aliphatic carbocycles. The van der Waals surface area contributed by atoms with Gasteiger partial charge in [-0.05, 0) is 37.3 Å². The molecule has 2 aromatic heterocycles. The van der Waals surface area contributed by atoms with Crippen LogP contribution in [0.2, 0.25) is 0 Å². The van der Waals surface area contributed by atoms with Crippen LogP contribution in [-0.2, 0) is 19.9 Å². The molecular weight excluding hydrogens is 230 g/mol. The van der Waals surface area contributed by atoms with Gasteiger partial charge in [-0.15, -0.1) is 11.3 Å². The SMILES string of the molecule is Cn1cnc(C(N)c2cc3c(s2)CCCC3)c1. The second-order valence-corrected chi connectivity index (χ2v) is 5.91. The molecule has 1 aliphatic rings. The molecular formula is C13H17N3S. The third-order valence-electron chi connectivity index (χ3n) is 3.37. The number of rotatable bonds is 2. The number of fused-ring (bicyclic) bond motifs is 1. The standard InChI is InChI=1S/C13H17N3S/c1-16-7-10(15-8-16)13(14)12-6-9-4-2-3-5-11(9)17-12/h6-8,13H,2-5,14H2,1H3. The summed E-state index contributed by atoms with van der Waals surface area (Å²) in [6.45, 7) is 0. The molecule has 0 fully saturated rings. The van der Waals surface area contributed by atoms with Crippen molar-refractivity contribution in [2.75, 3.05) is 0 Å². The summed E-state index contributed by atoms with van der Waals surface area (Å²) in [6, 6.07) is 2.23. The van der Waals surface area contributed by atoms with Gasteiger partial charge in [-0.3, -0.25) is 0 Å². The first-order valence-electron chi connectivity index (χ1n) is 6.09. The summed E-state index contributed by atoms with van der Waals surface area (Å²) in [4.78, 5) is 7.14. The van der Waals surface area contributed by atoms with E-state index in [1.165, 1.54) is 41.0 Å². The van der Waals surface area contributed by atoms with Gasteiger partial charge in [0.25, 0.3) is 0 Å². The van der Waals surface area contributed by atoms with Gasteiger partial charge in [-0.25, -0.2) is 4.98 Å². The highest BCUT2D eigenvalue weighted by Gasteiger charge is 2.19. The molecule has 2 aromatic rings. The first-order valence-corrected chi connectivity index (χ1v) is 6.90. The lowest BCUT2D eigenvalue weighted by Crippen LogP contribution is -2.10. The number of aromatic nitrogens is 2. The van der Waals surface area contributed by atoms with Gasteiger partial charge in [0, 0.05) is 23.0 Å². The Hall–Kier alpha value is -1.13. The lowest BCUT2D eigenvalue weighted by molar-refractivity contribution is 0.696. The predicted molar refractivity (Wildman–Crippen MR) is 70.2 cm³/mol. The maximum atomic E-state index is 6.28. The minimum atomic E-state index is -0.0631. The second-order valence-electron chi connectivity index (χ2n) is 4.75. The summed E-state index contributed by atoms with van der Waals surface area (Å²) in [7, 11) is 1.97.